The van der Waals surface area contributed by atoms with Gasteiger partial charge in [0.1, 0.15) is 5.82 Å². The highest BCUT2D eigenvalue weighted by atomic mass is 16.1. The predicted molar refractivity (Wildman–Crippen MR) is 93.6 cm³/mol. The summed E-state index contributed by atoms with van der Waals surface area (Å²) in [5.41, 5.74) is 2.36. The van der Waals surface area contributed by atoms with Crippen molar-refractivity contribution >= 4 is 5.91 Å². The summed E-state index contributed by atoms with van der Waals surface area (Å²) in [7, 11) is 0. The van der Waals surface area contributed by atoms with Gasteiger partial charge in [-0.15, -0.1) is 10.2 Å². The summed E-state index contributed by atoms with van der Waals surface area (Å²) in [5.74, 6) is 2.56. The number of fused-ring (bicyclic) bond motifs is 1. The molecule has 1 atom stereocenters. The van der Waals surface area contributed by atoms with E-state index in [1.165, 1.54) is 5.56 Å². The minimum atomic E-state index is -0.114. The van der Waals surface area contributed by atoms with E-state index in [0.717, 1.165) is 43.0 Å². The number of nitrogens with zero attached hydrogens (tertiary/aromatic N) is 3. The molecule has 2 aromatic rings. The van der Waals surface area contributed by atoms with Gasteiger partial charge in [0.2, 0.25) is 5.91 Å². The number of carbonyl (C=O) groups is 1. The summed E-state index contributed by atoms with van der Waals surface area (Å²) in [6, 6.07) is 8.24. The molecule has 0 bridgehead atoms. The normalized spacial score (nSPS) is 14.7. The molecule has 1 unspecified atom stereocenters. The molecule has 1 aromatic carbocycles. The van der Waals surface area contributed by atoms with E-state index in [0.29, 0.717) is 12.3 Å². The Bertz CT molecular complexity index is 703. The molecule has 0 saturated heterocycles. The Kier molecular flexibility index (Phi) is 4.97. The van der Waals surface area contributed by atoms with Crippen molar-refractivity contribution in [2.45, 2.75) is 59.0 Å². The van der Waals surface area contributed by atoms with Gasteiger partial charge in [-0.1, -0.05) is 38.1 Å². The van der Waals surface area contributed by atoms with Crippen LogP contribution in [-0.4, -0.2) is 20.7 Å². The summed E-state index contributed by atoms with van der Waals surface area (Å²) in [6.07, 6.45) is 3.56. The number of benzene rings is 1. The molecule has 0 fully saturated rings. The van der Waals surface area contributed by atoms with E-state index in [9.17, 15) is 4.79 Å². The van der Waals surface area contributed by atoms with Gasteiger partial charge in [-0.25, -0.2) is 0 Å². The third kappa shape index (κ3) is 3.83. The lowest BCUT2D eigenvalue weighted by Crippen LogP contribution is -2.30. The van der Waals surface area contributed by atoms with Crippen molar-refractivity contribution in [3.05, 3.63) is 47.0 Å². The van der Waals surface area contributed by atoms with Crippen LogP contribution < -0.4 is 5.32 Å². The van der Waals surface area contributed by atoms with Crippen LogP contribution in [0.15, 0.2) is 24.3 Å². The molecular formula is C19H26N4O. The Morgan fingerprint density at radius 3 is 2.58 bits per heavy atom. The Labute approximate surface area is 143 Å². The van der Waals surface area contributed by atoms with Gasteiger partial charge in [-0.3, -0.25) is 4.79 Å². The molecule has 1 aliphatic heterocycles. The molecule has 24 heavy (non-hydrogen) atoms. The van der Waals surface area contributed by atoms with E-state index in [1.54, 1.807) is 0 Å². The van der Waals surface area contributed by atoms with E-state index in [2.05, 4.69) is 58.2 Å². The Balaban J connectivity index is 1.57. The van der Waals surface area contributed by atoms with Crippen molar-refractivity contribution < 1.29 is 4.79 Å². The van der Waals surface area contributed by atoms with Gasteiger partial charge in [0.25, 0.3) is 0 Å². The van der Waals surface area contributed by atoms with Crippen LogP contribution in [0.1, 0.15) is 56.0 Å². The SMILES string of the molecule is CC(C)Cc1ccc(CC(=O)NC(C)c2nnc3n2CCC3)cc1. The van der Waals surface area contributed by atoms with Crippen molar-refractivity contribution in [1.29, 1.82) is 0 Å². The number of carbonyl (C=O) groups excluding carboxylic acids is 1. The second-order valence-electron chi connectivity index (χ2n) is 7.11. The monoisotopic (exact) mass is 326 g/mol. The maximum Gasteiger partial charge on any atom is 0.224 e. The standard InChI is InChI=1S/C19H26N4O/c1-13(2)11-15-6-8-16(9-7-15)12-18(24)20-14(3)19-22-21-17-5-4-10-23(17)19/h6-9,13-14H,4-5,10-12H2,1-3H3,(H,20,24). The molecular weight excluding hydrogens is 300 g/mol. The zero-order valence-corrected chi connectivity index (χ0v) is 14.7. The Morgan fingerprint density at radius 2 is 1.88 bits per heavy atom. The highest BCUT2D eigenvalue weighted by Crippen LogP contribution is 2.19. The molecule has 5 heteroatoms. The largest absolute Gasteiger partial charge is 0.346 e. The van der Waals surface area contributed by atoms with Crippen molar-refractivity contribution in [3.8, 4) is 0 Å². The van der Waals surface area contributed by atoms with Gasteiger partial charge in [0.05, 0.1) is 12.5 Å². The zero-order chi connectivity index (χ0) is 17.1. The lowest BCUT2D eigenvalue weighted by Gasteiger charge is -2.14. The van der Waals surface area contributed by atoms with Crippen LogP contribution in [0.4, 0.5) is 0 Å². The average Bonchev–Trinajstić information content (AvgIpc) is 3.11. The van der Waals surface area contributed by atoms with Gasteiger partial charge >= 0.3 is 0 Å². The third-order valence-electron chi connectivity index (χ3n) is 4.43. The van der Waals surface area contributed by atoms with Crippen LogP contribution in [0.2, 0.25) is 0 Å². The van der Waals surface area contributed by atoms with Crippen LogP contribution in [0.25, 0.3) is 0 Å². The maximum atomic E-state index is 12.3. The van der Waals surface area contributed by atoms with Gasteiger partial charge in [-0.2, -0.15) is 0 Å². The summed E-state index contributed by atoms with van der Waals surface area (Å²) >= 11 is 0. The van der Waals surface area contributed by atoms with Crippen LogP contribution in [0, 0.1) is 5.92 Å². The number of aromatic nitrogens is 3. The minimum Gasteiger partial charge on any atom is -0.346 e. The van der Waals surface area contributed by atoms with Crippen molar-refractivity contribution in [2.75, 3.05) is 0 Å². The number of hydrogen-bond donors (Lipinski definition) is 1. The zero-order valence-electron chi connectivity index (χ0n) is 14.7. The molecule has 0 aliphatic carbocycles. The molecule has 1 amide bonds. The highest BCUT2D eigenvalue weighted by molar-refractivity contribution is 5.78. The molecule has 0 spiro atoms. The van der Waals surface area contributed by atoms with Crippen LogP contribution in [0.3, 0.4) is 0 Å². The third-order valence-corrected chi connectivity index (χ3v) is 4.43. The van der Waals surface area contributed by atoms with Crippen molar-refractivity contribution in [1.82, 2.24) is 20.1 Å². The smallest absolute Gasteiger partial charge is 0.224 e. The fourth-order valence-corrected chi connectivity index (χ4v) is 3.30. The van der Waals surface area contributed by atoms with E-state index in [-0.39, 0.29) is 11.9 Å². The van der Waals surface area contributed by atoms with Gasteiger partial charge in [0, 0.05) is 13.0 Å². The molecule has 0 saturated carbocycles. The summed E-state index contributed by atoms with van der Waals surface area (Å²) in [6.45, 7) is 7.35. The number of amides is 1. The molecule has 1 aliphatic rings. The first-order valence-corrected chi connectivity index (χ1v) is 8.82. The van der Waals surface area contributed by atoms with E-state index in [1.807, 2.05) is 6.92 Å². The minimum absolute atomic E-state index is 0.0226. The fourth-order valence-electron chi connectivity index (χ4n) is 3.30. The second kappa shape index (κ2) is 7.16. The molecule has 128 valence electrons. The summed E-state index contributed by atoms with van der Waals surface area (Å²) < 4.78 is 2.13. The predicted octanol–water partition coefficient (Wildman–Crippen LogP) is 2.84. The lowest BCUT2D eigenvalue weighted by molar-refractivity contribution is -0.121. The first-order chi connectivity index (χ1) is 11.5. The molecule has 2 heterocycles. The molecule has 1 N–H and O–H groups in total. The average molecular weight is 326 g/mol. The summed E-state index contributed by atoms with van der Waals surface area (Å²) in [4.78, 5) is 12.3. The fraction of sp³-hybridized carbons (Fsp3) is 0.526. The number of hydrogen-bond acceptors (Lipinski definition) is 3. The summed E-state index contributed by atoms with van der Waals surface area (Å²) in [5, 5.41) is 11.5. The first kappa shape index (κ1) is 16.7. The van der Waals surface area contributed by atoms with Crippen molar-refractivity contribution in [2.24, 2.45) is 5.92 Å². The maximum absolute atomic E-state index is 12.3. The Hall–Kier alpha value is -2.17. The van der Waals surface area contributed by atoms with E-state index in [4.69, 9.17) is 0 Å². The topological polar surface area (TPSA) is 59.8 Å². The highest BCUT2D eigenvalue weighted by Gasteiger charge is 2.22. The number of aryl methyl sites for hydroxylation is 1. The first-order valence-electron chi connectivity index (χ1n) is 8.82. The quantitative estimate of drug-likeness (QED) is 0.888. The number of rotatable bonds is 6. The second-order valence-corrected chi connectivity index (χ2v) is 7.11. The van der Waals surface area contributed by atoms with E-state index < -0.39 is 0 Å². The Morgan fingerprint density at radius 1 is 1.17 bits per heavy atom. The van der Waals surface area contributed by atoms with Gasteiger partial charge in [-0.05, 0) is 36.8 Å². The van der Waals surface area contributed by atoms with Gasteiger partial charge < -0.3 is 9.88 Å². The lowest BCUT2D eigenvalue weighted by atomic mass is 10.0. The number of nitrogens with one attached hydrogen (secondary N) is 1. The molecule has 0 radical (unpaired) electrons. The molecule has 5 nitrogen and oxygen atoms in total. The van der Waals surface area contributed by atoms with Gasteiger partial charge in [0.15, 0.2) is 5.82 Å². The molecule has 1 aromatic heterocycles. The van der Waals surface area contributed by atoms with Crippen LogP contribution >= 0.6 is 0 Å². The van der Waals surface area contributed by atoms with E-state index >= 15 is 0 Å². The molecule has 3 rings (SSSR count). The van der Waals surface area contributed by atoms with Crippen molar-refractivity contribution in [3.63, 3.8) is 0 Å². The van der Waals surface area contributed by atoms with Crippen LogP contribution in [-0.2, 0) is 30.6 Å². The van der Waals surface area contributed by atoms with Crippen LogP contribution in [0.5, 0.6) is 0 Å².